The first-order chi connectivity index (χ1) is 19.3. The van der Waals surface area contributed by atoms with E-state index in [2.05, 4.69) is 10.2 Å². The van der Waals surface area contributed by atoms with E-state index in [4.69, 9.17) is 16.3 Å². The molecule has 10 heteroatoms. The molecule has 3 saturated heterocycles. The minimum atomic E-state index is -0.587. The van der Waals surface area contributed by atoms with Crippen LogP contribution in [-0.4, -0.2) is 84.5 Å². The number of amides is 3. The van der Waals surface area contributed by atoms with E-state index in [1.807, 2.05) is 30.3 Å². The molecule has 0 bridgehead atoms. The van der Waals surface area contributed by atoms with Crippen LogP contribution in [0, 0.1) is 17.7 Å². The number of carbonyl (C=O) groups is 3. The van der Waals surface area contributed by atoms with E-state index in [9.17, 15) is 18.8 Å². The summed E-state index contributed by atoms with van der Waals surface area (Å²) in [5.74, 6) is -0.239. The Morgan fingerprint density at radius 2 is 1.65 bits per heavy atom. The van der Waals surface area contributed by atoms with Crippen molar-refractivity contribution in [3.05, 3.63) is 70.5 Å². The van der Waals surface area contributed by atoms with Crippen molar-refractivity contribution in [2.75, 3.05) is 45.8 Å². The van der Waals surface area contributed by atoms with Crippen LogP contribution in [0.15, 0.2) is 48.5 Å². The van der Waals surface area contributed by atoms with Crippen molar-refractivity contribution in [1.82, 2.24) is 20.0 Å². The van der Waals surface area contributed by atoms with Gasteiger partial charge in [0.15, 0.2) is 0 Å². The molecule has 2 aromatic carbocycles. The Hall–Kier alpha value is -3.17. The third-order valence-electron chi connectivity index (χ3n) is 8.41. The number of hydrogen-bond donors (Lipinski definition) is 1. The van der Waals surface area contributed by atoms with Crippen LogP contribution in [0.1, 0.15) is 48.1 Å². The standard InChI is InChI=1S/C30H36ClFN4O4/c1-20(37)35-14-10-24(11-15-35)40-30(39)33-27(21-6-3-2-4-7-21)12-13-34-16-22-18-36(19-23(22)17-34)29(38)28-25(31)8-5-9-26(28)32/h2-9,22-24,27H,10-19H2,1H3,(H,33,39)/t22-,23?,27?/m0/s1. The minimum absolute atomic E-state index is 0.0472. The number of likely N-dealkylation sites (tertiary alicyclic amines) is 3. The zero-order valence-corrected chi connectivity index (χ0v) is 23.5. The molecule has 3 aliphatic heterocycles. The molecular weight excluding hydrogens is 535 g/mol. The lowest BCUT2D eigenvalue weighted by molar-refractivity contribution is -0.130. The number of hydrogen-bond acceptors (Lipinski definition) is 5. The van der Waals surface area contributed by atoms with Gasteiger partial charge in [0, 0.05) is 65.6 Å². The smallest absolute Gasteiger partial charge is 0.407 e. The largest absolute Gasteiger partial charge is 0.446 e. The van der Waals surface area contributed by atoms with E-state index in [0.717, 1.165) is 31.6 Å². The minimum Gasteiger partial charge on any atom is -0.446 e. The lowest BCUT2D eigenvalue weighted by Crippen LogP contribution is -2.42. The average molecular weight is 571 g/mol. The summed E-state index contributed by atoms with van der Waals surface area (Å²) in [6, 6.07) is 14.0. The predicted molar refractivity (Wildman–Crippen MR) is 149 cm³/mol. The van der Waals surface area contributed by atoms with Gasteiger partial charge in [-0.15, -0.1) is 0 Å². The van der Waals surface area contributed by atoms with Crippen LogP contribution >= 0.6 is 11.6 Å². The summed E-state index contributed by atoms with van der Waals surface area (Å²) >= 11 is 6.13. The molecule has 40 heavy (non-hydrogen) atoms. The molecule has 1 N–H and O–H groups in total. The number of carbonyl (C=O) groups excluding carboxylic acids is 3. The number of benzene rings is 2. The molecule has 8 nitrogen and oxygen atoms in total. The van der Waals surface area contributed by atoms with Gasteiger partial charge >= 0.3 is 6.09 Å². The molecule has 0 aromatic heterocycles. The maximum atomic E-state index is 14.3. The Kier molecular flexibility index (Phi) is 8.90. The van der Waals surface area contributed by atoms with E-state index in [1.54, 1.807) is 22.8 Å². The van der Waals surface area contributed by atoms with Crippen molar-refractivity contribution < 1.29 is 23.5 Å². The Balaban J connectivity index is 1.13. The summed E-state index contributed by atoms with van der Waals surface area (Å²) in [6.45, 7) is 6.41. The normalized spacial score (nSPS) is 22.2. The van der Waals surface area contributed by atoms with Crippen LogP contribution in [0.3, 0.4) is 0 Å². The fourth-order valence-corrected chi connectivity index (χ4v) is 6.48. The van der Waals surface area contributed by atoms with E-state index in [0.29, 0.717) is 50.9 Å². The molecule has 3 amide bonds. The Labute approximate surface area is 239 Å². The number of nitrogens with zero attached hydrogens (tertiary/aromatic N) is 3. The van der Waals surface area contributed by atoms with Gasteiger partial charge in [-0.2, -0.15) is 0 Å². The van der Waals surface area contributed by atoms with Gasteiger partial charge in [0.1, 0.15) is 11.9 Å². The molecule has 0 spiro atoms. The van der Waals surface area contributed by atoms with Gasteiger partial charge in [-0.1, -0.05) is 48.0 Å². The number of fused-ring (bicyclic) bond motifs is 1. The third-order valence-corrected chi connectivity index (χ3v) is 8.73. The summed E-state index contributed by atoms with van der Waals surface area (Å²) in [4.78, 5) is 43.3. The second-order valence-electron chi connectivity index (χ2n) is 11.1. The van der Waals surface area contributed by atoms with Crippen molar-refractivity contribution >= 4 is 29.5 Å². The number of alkyl carbamates (subject to hydrolysis) is 1. The Bertz CT molecular complexity index is 1190. The van der Waals surface area contributed by atoms with E-state index in [-0.39, 0.29) is 34.5 Å². The van der Waals surface area contributed by atoms with Crippen LogP contribution in [0.2, 0.25) is 5.02 Å². The van der Waals surface area contributed by atoms with Crippen molar-refractivity contribution in [3.8, 4) is 0 Å². The van der Waals surface area contributed by atoms with E-state index in [1.165, 1.54) is 12.1 Å². The zero-order chi connectivity index (χ0) is 28.2. The van der Waals surface area contributed by atoms with Gasteiger partial charge in [-0.05, 0) is 36.0 Å². The Morgan fingerprint density at radius 1 is 0.975 bits per heavy atom. The van der Waals surface area contributed by atoms with Gasteiger partial charge < -0.3 is 24.8 Å². The maximum Gasteiger partial charge on any atom is 0.407 e. The second-order valence-corrected chi connectivity index (χ2v) is 11.5. The number of halogens is 2. The fraction of sp³-hybridized carbons (Fsp3) is 0.500. The summed E-state index contributed by atoms with van der Waals surface area (Å²) in [7, 11) is 0. The van der Waals surface area contributed by atoms with Gasteiger partial charge in [0.2, 0.25) is 5.91 Å². The van der Waals surface area contributed by atoms with E-state index < -0.39 is 11.9 Å². The summed E-state index contributed by atoms with van der Waals surface area (Å²) in [5, 5.41) is 3.21. The quantitative estimate of drug-likeness (QED) is 0.535. The molecule has 3 aliphatic rings. The van der Waals surface area contributed by atoms with Crippen molar-refractivity contribution in [1.29, 1.82) is 0 Å². The molecule has 5 rings (SSSR count). The molecule has 0 aliphatic carbocycles. The van der Waals surface area contributed by atoms with Crippen LogP contribution in [0.5, 0.6) is 0 Å². The molecule has 0 radical (unpaired) electrons. The topological polar surface area (TPSA) is 82.2 Å². The molecule has 2 unspecified atom stereocenters. The number of ether oxygens (including phenoxy) is 1. The molecule has 3 fully saturated rings. The molecule has 0 saturated carbocycles. The fourth-order valence-electron chi connectivity index (χ4n) is 6.23. The van der Waals surface area contributed by atoms with Gasteiger partial charge in [0.05, 0.1) is 16.6 Å². The first-order valence-corrected chi connectivity index (χ1v) is 14.4. The highest BCUT2D eigenvalue weighted by Crippen LogP contribution is 2.34. The van der Waals surface area contributed by atoms with Gasteiger partial charge in [0.25, 0.3) is 5.91 Å². The van der Waals surface area contributed by atoms with E-state index >= 15 is 0 Å². The molecular formula is C30H36ClFN4O4. The SMILES string of the molecule is CC(=O)N1CCC(OC(=O)NC(CCN2CC3CN(C(=O)c4c(F)cccc4Cl)C[C@@H]3C2)c2ccccc2)CC1. The first kappa shape index (κ1) is 28.4. The van der Waals surface area contributed by atoms with Crippen LogP contribution in [-0.2, 0) is 9.53 Å². The number of piperidine rings is 1. The first-order valence-electron chi connectivity index (χ1n) is 14.0. The lowest BCUT2D eigenvalue weighted by atomic mass is 10.0. The predicted octanol–water partition coefficient (Wildman–Crippen LogP) is 4.35. The van der Waals surface area contributed by atoms with Crippen LogP contribution in [0.4, 0.5) is 9.18 Å². The highest BCUT2D eigenvalue weighted by molar-refractivity contribution is 6.33. The number of rotatable bonds is 7. The van der Waals surface area contributed by atoms with Crippen LogP contribution < -0.4 is 5.32 Å². The summed E-state index contributed by atoms with van der Waals surface area (Å²) in [5.41, 5.74) is 0.970. The maximum absolute atomic E-state index is 14.3. The molecule has 3 heterocycles. The molecule has 3 atom stereocenters. The summed E-state index contributed by atoms with van der Waals surface area (Å²) in [6.07, 6.45) is 1.36. The summed E-state index contributed by atoms with van der Waals surface area (Å²) < 4.78 is 20.0. The second kappa shape index (κ2) is 12.6. The number of nitrogens with one attached hydrogen (secondary N) is 1. The Morgan fingerprint density at radius 3 is 2.27 bits per heavy atom. The third kappa shape index (κ3) is 6.58. The van der Waals surface area contributed by atoms with Crippen molar-refractivity contribution in [3.63, 3.8) is 0 Å². The van der Waals surface area contributed by atoms with Gasteiger partial charge in [-0.3, -0.25) is 9.59 Å². The monoisotopic (exact) mass is 570 g/mol. The molecule has 214 valence electrons. The van der Waals surface area contributed by atoms with Gasteiger partial charge in [-0.25, -0.2) is 9.18 Å². The highest BCUT2D eigenvalue weighted by Gasteiger charge is 2.42. The zero-order valence-electron chi connectivity index (χ0n) is 22.7. The highest BCUT2D eigenvalue weighted by atomic mass is 35.5. The molecule has 2 aromatic rings. The lowest BCUT2D eigenvalue weighted by Gasteiger charge is -2.31. The average Bonchev–Trinajstić information content (AvgIpc) is 3.51. The van der Waals surface area contributed by atoms with Crippen molar-refractivity contribution in [2.45, 2.75) is 38.3 Å². The van der Waals surface area contributed by atoms with Crippen LogP contribution in [0.25, 0.3) is 0 Å². The van der Waals surface area contributed by atoms with Crippen molar-refractivity contribution in [2.24, 2.45) is 11.8 Å².